The van der Waals surface area contributed by atoms with Gasteiger partial charge in [0, 0.05) is 25.9 Å². The van der Waals surface area contributed by atoms with Crippen LogP contribution in [-0.2, 0) is 39.6 Å². The molecule has 0 spiro atoms. The van der Waals surface area contributed by atoms with Crippen LogP contribution in [0.1, 0.15) is 34.8 Å². The third-order valence-electron chi connectivity index (χ3n) is 6.71. The van der Waals surface area contributed by atoms with Crippen LogP contribution in [0, 0.1) is 0 Å². The predicted molar refractivity (Wildman–Crippen MR) is 156 cm³/mol. The highest BCUT2D eigenvalue weighted by Crippen LogP contribution is 2.25. The largest absolute Gasteiger partial charge is 0.493 e. The highest BCUT2D eigenvalue weighted by atomic mass is 16.9. The zero-order valence-electron chi connectivity index (χ0n) is 23.8. The minimum absolute atomic E-state index is 0.256. The fraction of sp³-hybridized carbons (Fsp3) is 0.344. The van der Waals surface area contributed by atoms with Crippen LogP contribution in [0.25, 0.3) is 6.08 Å². The van der Waals surface area contributed by atoms with Crippen LogP contribution in [0.5, 0.6) is 5.75 Å². The molecule has 9 nitrogen and oxygen atoms in total. The van der Waals surface area contributed by atoms with Gasteiger partial charge in [-0.15, -0.1) is 0 Å². The second-order valence-electron chi connectivity index (χ2n) is 10.2. The van der Waals surface area contributed by atoms with E-state index in [0.717, 1.165) is 23.0 Å². The first-order chi connectivity index (χ1) is 20.5. The van der Waals surface area contributed by atoms with E-state index < -0.39 is 24.3 Å². The first-order valence-corrected chi connectivity index (χ1v) is 13.9. The van der Waals surface area contributed by atoms with Gasteiger partial charge in [0.25, 0.3) is 6.48 Å². The molecule has 2 heterocycles. The first kappa shape index (κ1) is 30.1. The van der Waals surface area contributed by atoms with Crippen LogP contribution in [0.3, 0.4) is 0 Å². The summed E-state index contributed by atoms with van der Waals surface area (Å²) >= 11 is 0. The molecule has 1 unspecified atom stereocenters. The number of para-hydroxylation sites is 1. The SMILES string of the molecule is COC(OCc1ccc(B2OCCCO2)cc1)OC1(C)COC(/C=C/c2ccccc2OC(=O)c2ccccc2)OC1. The summed E-state index contributed by atoms with van der Waals surface area (Å²) in [6, 6.07) is 24.0. The smallest absolute Gasteiger partial charge is 0.422 e. The van der Waals surface area contributed by atoms with Crippen molar-refractivity contribution in [2.75, 3.05) is 33.5 Å². The molecule has 1 atom stereocenters. The number of hydrogen-bond donors (Lipinski definition) is 0. The second kappa shape index (κ2) is 14.7. The normalized spacial score (nSPS) is 21.8. The highest BCUT2D eigenvalue weighted by Gasteiger charge is 2.36. The molecule has 0 radical (unpaired) electrons. The minimum atomic E-state index is -0.912. The number of methoxy groups -OCH3 is 1. The van der Waals surface area contributed by atoms with E-state index in [-0.39, 0.29) is 20.3 Å². The van der Waals surface area contributed by atoms with E-state index in [1.807, 2.05) is 55.5 Å². The van der Waals surface area contributed by atoms with Crippen molar-refractivity contribution in [3.63, 3.8) is 0 Å². The van der Waals surface area contributed by atoms with Gasteiger partial charge in [-0.05, 0) is 48.6 Å². The third-order valence-corrected chi connectivity index (χ3v) is 6.71. The Morgan fingerprint density at radius 3 is 2.38 bits per heavy atom. The van der Waals surface area contributed by atoms with Crippen LogP contribution in [0.4, 0.5) is 0 Å². The second-order valence-corrected chi connectivity index (χ2v) is 10.2. The molecule has 3 aromatic carbocycles. The monoisotopic (exact) mass is 574 g/mol. The van der Waals surface area contributed by atoms with Gasteiger partial charge in [-0.25, -0.2) is 4.79 Å². The molecule has 0 amide bonds. The third kappa shape index (κ3) is 8.36. The Kier molecular flexibility index (Phi) is 10.5. The number of carbonyl (C=O) groups excluding carboxylic acids is 1. The molecule has 2 aliphatic rings. The van der Waals surface area contributed by atoms with Gasteiger partial charge >= 0.3 is 13.1 Å². The van der Waals surface area contributed by atoms with E-state index in [1.54, 1.807) is 42.5 Å². The van der Waals surface area contributed by atoms with Crippen molar-refractivity contribution >= 4 is 24.6 Å². The molecule has 0 saturated carbocycles. The predicted octanol–water partition coefficient (Wildman–Crippen LogP) is 4.35. The van der Waals surface area contributed by atoms with Gasteiger partial charge in [-0.2, -0.15) is 0 Å². The fourth-order valence-electron chi connectivity index (χ4n) is 4.41. The summed E-state index contributed by atoms with van der Waals surface area (Å²) < 4.78 is 46.1. The maximum atomic E-state index is 12.5. The standard InChI is InChI=1S/C32H35BO9/c1-32(42-31(35-2)36-21-24-13-16-27(17-14-24)33-39-19-8-20-40-33)22-37-29(38-23-32)18-15-25-9-6-7-12-28(25)41-30(34)26-10-4-3-5-11-26/h3-7,9-18,29,31H,8,19-23H2,1-2H3/b18-15+. The molecule has 0 aliphatic carbocycles. The van der Waals surface area contributed by atoms with E-state index in [4.69, 9.17) is 37.7 Å². The topological polar surface area (TPSA) is 90.9 Å². The molecule has 42 heavy (non-hydrogen) atoms. The van der Waals surface area contributed by atoms with Gasteiger partial charge in [0.05, 0.1) is 25.4 Å². The van der Waals surface area contributed by atoms with Crippen molar-refractivity contribution in [3.05, 3.63) is 102 Å². The van der Waals surface area contributed by atoms with Crippen molar-refractivity contribution in [2.24, 2.45) is 0 Å². The summed E-state index contributed by atoms with van der Waals surface area (Å²) in [4.78, 5) is 12.5. The molecule has 5 rings (SSSR count). The molecule has 10 heteroatoms. The number of ether oxygens (including phenoxy) is 6. The van der Waals surface area contributed by atoms with Gasteiger partial charge in [0.1, 0.15) is 11.4 Å². The summed E-state index contributed by atoms with van der Waals surface area (Å²) in [7, 11) is 1.20. The molecule has 0 bridgehead atoms. The number of carbonyl (C=O) groups is 1. The number of rotatable bonds is 11. The van der Waals surface area contributed by atoms with Crippen molar-refractivity contribution in [1.82, 2.24) is 0 Å². The number of hydrogen-bond acceptors (Lipinski definition) is 9. The Labute approximate surface area is 246 Å². The van der Waals surface area contributed by atoms with Crippen LogP contribution in [0.15, 0.2) is 84.9 Å². The summed E-state index contributed by atoms with van der Waals surface area (Å²) in [5.74, 6) is 0.0158. The van der Waals surface area contributed by atoms with E-state index in [0.29, 0.717) is 31.1 Å². The number of esters is 1. The van der Waals surface area contributed by atoms with E-state index in [2.05, 4.69) is 0 Å². The van der Waals surface area contributed by atoms with Crippen LogP contribution in [-0.4, -0.2) is 65.0 Å². The van der Waals surface area contributed by atoms with E-state index >= 15 is 0 Å². The molecular formula is C32H35BO9. The lowest BCUT2D eigenvalue weighted by Crippen LogP contribution is -2.49. The molecule has 0 aromatic heterocycles. The first-order valence-electron chi connectivity index (χ1n) is 13.9. The maximum absolute atomic E-state index is 12.5. The average Bonchev–Trinajstić information content (AvgIpc) is 3.04. The molecule has 2 saturated heterocycles. The van der Waals surface area contributed by atoms with Gasteiger partial charge in [0.15, 0.2) is 6.29 Å². The van der Waals surface area contributed by atoms with Crippen molar-refractivity contribution in [2.45, 2.75) is 38.3 Å². The van der Waals surface area contributed by atoms with Gasteiger partial charge in [0.2, 0.25) is 0 Å². The van der Waals surface area contributed by atoms with Crippen LogP contribution >= 0.6 is 0 Å². The number of benzene rings is 3. The van der Waals surface area contributed by atoms with Gasteiger partial charge in [-0.1, -0.05) is 66.7 Å². The summed E-state index contributed by atoms with van der Waals surface area (Å²) in [5.41, 5.74) is 2.35. The van der Waals surface area contributed by atoms with Gasteiger partial charge in [-0.3, -0.25) is 0 Å². The quantitative estimate of drug-likeness (QED) is 0.144. The minimum Gasteiger partial charge on any atom is -0.422 e. The van der Waals surface area contributed by atoms with Crippen molar-refractivity contribution in [3.8, 4) is 5.75 Å². The summed E-state index contributed by atoms with van der Waals surface area (Å²) in [5, 5.41) is 0. The van der Waals surface area contributed by atoms with Gasteiger partial charge < -0.3 is 37.7 Å². The van der Waals surface area contributed by atoms with Crippen LogP contribution < -0.4 is 10.2 Å². The van der Waals surface area contributed by atoms with Crippen molar-refractivity contribution in [1.29, 1.82) is 0 Å². The fourth-order valence-corrected chi connectivity index (χ4v) is 4.41. The lowest BCUT2D eigenvalue weighted by Gasteiger charge is -2.38. The van der Waals surface area contributed by atoms with Crippen molar-refractivity contribution < 1.29 is 42.5 Å². The van der Waals surface area contributed by atoms with Crippen LogP contribution in [0.2, 0.25) is 0 Å². The summed E-state index contributed by atoms with van der Waals surface area (Å²) in [6.07, 6.45) is 3.89. The molecular weight excluding hydrogens is 539 g/mol. The summed E-state index contributed by atoms with van der Waals surface area (Å²) in [6.45, 7) is 3.17. The molecule has 220 valence electrons. The lowest BCUT2D eigenvalue weighted by atomic mass is 9.78. The average molecular weight is 574 g/mol. The Morgan fingerprint density at radius 2 is 1.67 bits per heavy atom. The zero-order chi connectivity index (χ0) is 29.2. The van der Waals surface area contributed by atoms with E-state index in [1.165, 1.54) is 7.11 Å². The Morgan fingerprint density at radius 1 is 0.976 bits per heavy atom. The Balaban J connectivity index is 1.09. The molecule has 2 aliphatic heterocycles. The molecule has 0 N–H and O–H groups in total. The lowest BCUT2D eigenvalue weighted by molar-refractivity contribution is -0.353. The maximum Gasteiger partial charge on any atom is 0.493 e. The Bertz CT molecular complexity index is 1300. The highest BCUT2D eigenvalue weighted by molar-refractivity contribution is 6.61. The van der Waals surface area contributed by atoms with E-state index in [9.17, 15) is 4.79 Å². The molecule has 3 aromatic rings. The zero-order valence-corrected chi connectivity index (χ0v) is 23.8. The molecule has 2 fully saturated rings. The Hall–Kier alpha value is -3.35.